The number of benzene rings is 1. The van der Waals surface area contributed by atoms with Crippen LogP contribution in [0.2, 0.25) is 0 Å². The molecule has 2 atom stereocenters. The van der Waals surface area contributed by atoms with Crippen LogP contribution in [0, 0.1) is 17.2 Å². The van der Waals surface area contributed by atoms with Gasteiger partial charge in [-0.25, -0.2) is 4.39 Å². The van der Waals surface area contributed by atoms with Gasteiger partial charge in [-0.1, -0.05) is 13.8 Å². The number of amides is 4. The van der Waals surface area contributed by atoms with Crippen molar-refractivity contribution in [3.05, 3.63) is 65.2 Å². The second-order valence-electron chi connectivity index (χ2n) is 10.3. The van der Waals surface area contributed by atoms with Crippen molar-refractivity contribution >= 4 is 23.6 Å². The number of carbonyl (C=O) groups is 4. The Kier molecular flexibility index (Phi) is 7.50. The number of piperidine rings is 1. The first-order valence-corrected chi connectivity index (χ1v) is 12.5. The zero-order valence-corrected chi connectivity index (χ0v) is 21.6. The van der Waals surface area contributed by atoms with Gasteiger partial charge in [0, 0.05) is 32.5 Å². The molecule has 2 saturated heterocycles. The van der Waals surface area contributed by atoms with Crippen molar-refractivity contribution in [1.82, 2.24) is 20.1 Å². The minimum absolute atomic E-state index is 0.115. The summed E-state index contributed by atoms with van der Waals surface area (Å²) < 4.78 is 53.6. The Morgan fingerprint density at radius 1 is 1.08 bits per heavy atom. The molecule has 0 radical (unpaired) electrons. The molecule has 12 heteroatoms. The summed E-state index contributed by atoms with van der Waals surface area (Å²) in [6.07, 6.45) is -1.30. The molecule has 2 aromatic rings. The first kappa shape index (κ1) is 28.2. The Hall–Kier alpha value is -3.83. The number of carbonyl (C=O) groups excluding carboxylic acids is 4. The maximum Gasteiger partial charge on any atom is 0.416 e. The second kappa shape index (κ2) is 10.4. The number of rotatable bonds is 5. The van der Waals surface area contributed by atoms with Crippen LogP contribution in [-0.4, -0.2) is 64.6 Å². The lowest BCUT2D eigenvalue weighted by atomic mass is 9.67. The first-order valence-electron chi connectivity index (χ1n) is 12.5. The van der Waals surface area contributed by atoms with Crippen LogP contribution in [0.15, 0.2) is 42.7 Å². The molecule has 1 aromatic carbocycles. The van der Waals surface area contributed by atoms with Crippen LogP contribution < -0.4 is 5.32 Å². The van der Waals surface area contributed by atoms with E-state index in [-0.39, 0.29) is 37.7 Å². The van der Waals surface area contributed by atoms with Crippen LogP contribution in [-0.2, 0) is 20.6 Å². The van der Waals surface area contributed by atoms with Crippen molar-refractivity contribution in [2.24, 2.45) is 11.3 Å². The minimum Gasteiger partial charge on any atom is -0.341 e. The topological polar surface area (TPSA) is 99.7 Å². The van der Waals surface area contributed by atoms with Gasteiger partial charge < -0.3 is 10.2 Å². The van der Waals surface area contributed by atoms with Gasteiger partial charge >= 0.3 is 6.18 Å². The van der Waals surface area contributed by atoms with Crippen molar-refractivity contribution < 1.29 is 36.7 Å². The van der Waals surface area contributed by atoms with E-state index in [4.69, 9.17) is 0 Å². The standard InChI is InChI=1S/C27H28F4N4O4/c1-15(2)21(33-22(36)18-14-17(27(29,30)31)4-5-19(18)28)24(38)35-12-8-26(9-13-35)20(16-6-10-32-11-7-16)23(37)34(3)25(26)39/h4-7,10-11,14-15,20-21H,8-9,12-13H2,1-3H3,(H,33,36)/t20?,21-/m1/s1. The summed E-state index contributed by atoms with van der Waals surface area (Å²) in [4.78, 5) is 59.0. The lowest BCUT2D eigenvalue weighted by molar-refractivity contribution is -0.144. The number of halogens is 4. The summed E-state index contributed by atoms with van der Waals surface area (Å²) in [5.41, 5.74) is -2.39. The summed E-state index contributed by atoms with van der Waals surface area (Å²) >= 11 is 0. The number of aromatic nitrogens is 1. The highest BCUT2D eigenvalue weighted by atomic mass is 19.4. The molecule has 2 aliphatic heterocycles. The minimum atomic E-state index is -4.78. The van der Waals surface area contributed by atoms with Gasteiger partial charge in [0.05, 0.1) is 22.5 Å². The molecule has 208 valence electrons. The van der Waals surface area contributed by atoms with Crippen LogP contribution >= 0.6 is 0 Å². The third kappa shape index (κ3) is 5.11. The number of hydrogen-bond donors (Lipinski definition) is 1. The summed E-state index contributed by atoms with van der Waals surface area (Å²) in [7, 11) is 1.43. The molecule has 1 unspecified atom stereocenters. The number of pyridine rings is 1. The van der Waals surface area contributed by atoms with Gasteiger partial charge in [-0.2, -0.15) is 13.2 Å². The molecule has 39 heavy (non-hydrogen) atoms. The van der Waals surface area contributed by atoms with Crippen LogP contribution in [0.3, 0.4) is 0 Å². The SMILES string of the molecule is CC(C)[C@@H](NC(=O)c1cc(C(F)(F)F)ccc1F)C(=O)N1CCC2(CC1)C(=O)N(C)C(=O)C2c1ccncc1. The van der Waals surface area contributed by atoms with E-state index in [2.05, 4.69) is 10.3 Å². The first-order chi connectivity index (χ1) is 18.3. The van der Waals surface area contributed by atoms with Crippen molar-refractivity contribution in [3.63, 3.8) is 0 Å². The maximum absolute atomic E-state index is 14.3. The average molecular weight is 549 g/mol. The number of likely N-dealkylation sites (tertiary alicyclic amines) is 2. The third-order valence-electron chi connectivity index (χ3n) is 7.63. The lowest BCUT2D eigenvalue weighted by Gasteiger charge is -2.41. The fraction of sp³-hybridized carbons (Fsp3) is 0.444. The quantitative estimate of drug-likeness (QED) is 0.456. The van der Waals surface area contributed by atoms with Crippen molar-refractivity contribution in [1.29, 1.82) is 0 Å². The van der Waals surface area contributed by atoms with E-state index in [0.29, 0.717) is 23.8 Å². The summed E-state index contributed by atoms with van der Waals surface area (Å²) in [5, 5.41) is 2.39. The van der Waals surface area contributed by atoms with E-state index in [1.54, 1.807) is 38.4 Å². The highest BCUT2D eigenvalue weighted by Gasteiger charge is 2.59. The van der Waals surface area contributed by atoms with Crippen LogP contribution in [0.25, 0.3) is 0 Å². The van der Waals surface area contributed by atoms with Crippen LogP contribution in [0.5, 0.6) is 0 Å². The number of nitrogens with zero attached hydrogens (tertiary/aromatic N) is 3. The third-order valence-corrected chi connectivity index (χ3v) is 7.63. The van der Waals surface area contributed by atoms with Gasteiger partial charge in [-0.3, -0.25) is 29.1 Å². The van der Waals surface area contributed by atoms with E-state index in [1.165, 1.54) is 11.9 Å². The molecular formula is C27H28F4N4O4. The van der Waals surface area contributed by atoms with Gasteiger partial charge in [-0.05, 0) is 54.7 Å². The number of hydrogen-bond acceptors (Lipinski definition) is 5. The Morgan fingerprint density at radius 2 is 1.69 bits per heavy atom. The fourth-order valence-corrected chi connectivity index (χ4v) is 5.44. The molecule has 1 N–H and O–H groups in total. The molecule has 0 aliphatic carbocycles. The fourth-order valence-electron chi connectivity index (χ4n) is 5.44. The van der Waals surface area contributed by atoms with E-state index in [9.17, 15) is 36.7 Å². The average Bonchev–Trinajstić information content (AvgIpc) is 3.07. The number of alkyl halides is 3. The monoisotopic (exact) mass is 548 g/mol. The molecule has 3 heterocycles. The summed E-state index contributed by atoms with van der Waals surface area (Å²) in [6.45, 7) is 3.52. The van der Waals surface area contributed by atoms with Crippen LogP contribution in [0.4, 0.5) is 17.6 Å². The zero-order valence-electron chi connectivity index (χ0n) is 21.6. The van der Waals surface area contributed by atoms with Crippen molar-refractivity contribution in [2.45, 2.75) is 44.8 Å². The van der Waals surface area contributed by atoms with Crippen molar-refractivity contribution in [2.75, 3.05) is 20.1 Å². The second-order valence-corrected chi connectivity index (χ2v) is 10.3. The molecular weight excluding hydrogens is 520 g/mol. The molecule has 1 spiro atoms. The van der Waals surface area contributed by atoms with Gasteiger partial charge in [0.25, 0.3) is 5.91 Å². The van der Waals surface area contributed by atoms with Gasteiger partial charge in [-0.15, -0.1) is 0 Å². The predicted molar refractivity (Wildman–Crippen MR) is 130 cm³/mol. The van der Waals surface area contributed by atoms with E-state index >= 15 is 0 Å². The highest BCUT2D eigenvalue weighted by Crippen LogP contribution is 2.51. The maximum atomic E-state index is 14.3. The molecule has 2 aliphatic rings. The molecule has 1 aromatic heterocycles. The highest BCUT2D eigenvalue weighted by molar-refractivity contribution is 6.10. The van der Waals surface area contributed by atoms with Crippen molar-refractivity contribution in [3.8, 4) is 0 Å². The zero-order chi connectivity index (χ0) is 28.7. The summed E-state index contributed by atoms with van der Waals surface area (Å²) in [6, 6.07) is 3.73. The smallest absolute Gasteiger partial charge is 0.341 e. The van der Waals surface area contributed by atoms with E-state index in [0.717, 1.165) is 4.90 Å². The van der Waals surface area contributed by atoms with Gasteiger partial charge in [0.15, 0.2) is 0 Å². The normalized spacial score (nSPS) is 20.1. The Morgan fingerprint density at radius 3 is 2.26 bits per heavy atom. The molecule has 0 saturated carbocycles. The molecule has 2 fully saturated rings. The number of imide groups is 1. The van der Waals surface area contributed by atoms with Gasteiger partial charge in [0.1, 0.15) is 11.9 Å². The van der Waals surface area contributed by atoms with E-state index < -0.39 is 58.2 Å². The predicted octanol–water partition coefficient (Wildman–Crippen LogP) is 3.39. The molecule has 4 amide bonds. The molecule has 4 rings (SSSR count). The van der Waals surface area contributed by atoms with E-state index in [1.807, 2.05) is 0 Å². The lowest BCUT2D eigenvalue weighted by Crippen LogP contribution is -2.55. The number of likely N-dealkylation sites (N-methyl/N-ethyl adjacent to an activating group) is 1. The summed E-state index contributed by atoms with van der Waals surface area (Å²) in [5.74, 6) is -4.65. The molecule has 0 bridgehead atoms. The Labute approximate surface area is 222 Å². The molecule has 8 nitrogen and oxygen atoms in total. The van der Waals surface area contributed by atoms with Gasteiger partial charge in [0.2, 0.25) is 17.7 Å². The Balaban J connectivity index is 1.52. The number of nitrogens with one attached hydrogen (secondary N) is 1. The Bertz CT molecular complexity index is 1290. The van der Waals surface area contributed by atoms with Crippen LogP contribution in [0.1, 0.15) is 54.1 Å². The largest absolute Gasteiger partial charge is 0.416 e.